The Labute approximate surface area is 352 Å². The lowest BCUT2D eigenvalue weighted by Crippen LogP contribution is -2.49. The van der Waals surface area contributed by atoms with Gasteiger partial charge in [-0.3, -0.25) is 0 Å². The fourth-order valence-electron chi connectivity index (χ4n) is 8.61. The number of ether oxygens (including phenoxy) is 2. The van der Waals surface area contributed by atoms with E-state index >= 15 is 0 Å². The minimum absolute atomic E-state index is 0.203. The second-order valence-corrected chi connectivity index (χ2v) is 15.8. The van der Waals surface area contributed by atoms with E-state index in [1.807, 2.05) is 84.9 Å². The summed E-state index contributed by atoms with van der Waals surface area (Å²) in [5.41, 5.74) is 7.07. The van der Waals surface area contributed by atoms with Crippen LogP contribution in [0.25, 0.3) is 43.8 Å². The summed E-state index contributed by atoms with van der Waals surface area (Å²) in [6.07, 6.45) is 4.33. The fourth-order valence-corrected chi connectivity index (χ4v) is 8.61. The Morgan fingerprint density at radius 3 is 1.28 bits per heavy atom. The van der Waals surface area contributed by atoms with E-state index in [4.69, 9.17) is 9.47 Å². The van der Waals surface area contributed by atoms with Gasteiger partial charge in [-0.15, -0.1) is 0 Å². The van der Waals surface area contributed by atoms with E-state index < -0.39 is 0 Å². The summed E-state index contributed by atoms with van der Waals surface area (Å²) in [7, 11) is 0. The molecule has 1 saturated carbocycles. The fraction of sp³-hybridized carbons (Fsp3) is 0.185. The Bertz CT molecular complexity index is 2560. The molecule has 1 unspecified atom stereocenters. The van der Waals surface area contributed by atoms with Gasteiger partial charge in [0.15, 0.2) is 0 Å². The number of nitrogens with one attached hydrogen (secondary N) is 2. The van der Waals surface area contributed by atoms with Gasteiger partial charge in [-0.25, -0.2) is 0 Å². The van der Waals surface area contributed by atoms with Crippen molar-refractivity contribution in [1.82, 2.24) is 10.6 Å². The predicted molar refractivity (Wildman–Crippen MR) is 243 cm³/mol. The van der Waals surface area contributed by atoms with Gasteiger partial charge in [0.1, 0.15) is 36.2 Å². The van der Waals surface area contributed by atoms with Gasteiger partial charge in [-0.2, -0.15) is 0 Å². The molecule has 4 N–H and O–H groups in total. The van der Waals surface area contributed by atoms with Crippen LogP contribution in [0.15, 0.2) is 170 Å². The van der Waals surface area contributed by atoms with Crippen LogP contribution < -0.4 is 20.1 Å². The first-order valence-electron chi connectivity index (χ1n) is 21.1. The molecular formula is C54H50N2O4. The largest absolute Gasteiger partial charge is 0.507 e. The zero-order chi connectivity index (χ0) is 40.7. The molecule has 8 aromatic rings. The monoisotopic (exact) mass is 790 g/mol. The predicted octanol–water partition coefficient (Wildman–Crippen LogP) is 12.1. The van der Waals surface area contributed by atoms with Crippen LogP contribution >= 0.6 is 0 Å². The van der Waals surface area contributed by atoms with E-state index in [2.05, 4.69) is 95.6 Å². The molecule has 9 rings (SSSR count). The van der Waals surface area contributed by atoms with Crippen molar-refractivity contribution in [3.63, 3.8) is 0 Å². The lowest BCUT2D eigenvalue weighted by Gasteiger charge is -2.33. The molecule has 0 saturated heterocycles. The van der Waals surface area contributed by atoms with E-state index in [-0.39, 0.29) is 23.6 Å². The lowest BCUT2D eigenvalue weighted by molar-refractivity contribution is 0.279. The molecule has 1 aliphatic carbocycles. The number of phenolic OH excluding ortho intramolecular Hbond substituents is 2. The van der Waals surface area contributed by atoms with Gasteiger partial charge in [0.2, 0.25) is 0 Å². The summed E-state index contributed by atoms with van der Waals surface area (Å²) in [5.74, 6) is 1.98. The highest BCUT2D eigenvalue weighted by molar-refractivity contribution is 5.84. The minimum atomic E-state index is 0.203. The Balaban J connectivity index is 0.851. The lowest BCUT2D eigenvalue weighted by atomic mass is 9.89. The molecular weight excluding hydrogens is 741 g/mol. The van der Waals surface area contributed by atoms with Gasteiger partial charge in [-0.1, -0.05) is 158 Å². The zero-order valence-corrected chi connectivity index (χ0v) is 33.7. The highest BCUT2D eigenvalue weighted by Crippen LogP contribution is 2.40. The maximum Gasteiger partial charge on any atom is 0.128 e. The van der Waals surface area contributed by atoms with Gasteiger partial charge in [0.25, 0.3) is 0 Å². The van der Waals surface area contributed by atoms with Crippen LogP contribution in [-0.4, -0.2) is 22.3 Å². The Morgan fingerprint density at radius 2 is 0.817 bits per heavy atom. The van der Waals surface area contributed by atoms with Crippen molar-refractivity contribution in [2.75, 3.05) is 0 Å². The van der Waals surface area contributed by atoms with Crippen molar-refractivity contribution in [3.8, 4) is 45.3 Å². The first-order valence-corrected chi connectivity index (χ1v) is 21.1. The quantitative estimate of drug-likeness (QED) is 0.0878. The van der Waals surface area contributed by atoms with Crippen LogP contribution in [0.2, 0.25) is 0 Å². The van der Waals surface area contributed by atoms with E-state index in [0.29, 0.717) is 26.3 Å². The summed E-state index contributed by atoms with van der Waals surface area (Å²) in [4.78, 5) is 0. The molecule has 1 fully saturated rings. The summed E-state index contributed by atoms with van der Waals surface area (Å²) in [6.45, 7) is 1.91. The van der Waals surface area contributed by atoms with E-state index in [1.165, 1.54) is 21.5 Å². The van der Waals surface area contributed by atoms with Gasteiger partial charge in [0, 0.05) is 58.6 Å². The SMILES string of the molecule is Oc1c(CNC2CCCC[C@@H]2NCc2cccc(-c3ccccc3OCc3ccc4ccccc4c3)c2O)cccc1-c1ccccc1OCc1ccc2ccccc2c1. The number of benzene rings is 8. The third-order valence-corrected chi connectivity index (χ3v) is 11.9. The van der Waals surface area contributed by atoms with Crippen molar-refractivity contribution in [2.45, 2.75) is 64.1 Å². The first-order chi connectivity index (χ1) is 29.6. The second kappa shape index (κ2) is 18.1. The molecule has 0 heterocycles. The van der Waals surface area contributed by atoms with Crippen molar-refractivity contribution in [3.05, 3.63) is 192 Å². The van der Waals surface area contributed by atoms with Crippen LogP contribution in [0.5, 0.6) is 23.0 Å². The van der Waals surface area contributed by atoms with Gasteiger partial charge in [-0.05, 0) is 69.8 Å². The molecule has 0 amide bonds. The molecule has 1 aliphatic rings. The third-order valence-electron chi connectivity index (χ3n) is 11.9. The molecule has 2 atom stereocenters. The van der Waals surface area contributed by atoms with Crippen molar-refractivity contribution in [2.24, 2.45) is 0 Å². The standard InChI is InChI=1S/C54H50N2O4/c57-53-43(17-11-21-47(53)45-19-5-9-25-51(45)59-35-37-27-29-39-13-1-3-15-41(39)31-37)33-55-49-23-7-8-24-50(49)56-34-44-18-12-22-48(54(44)58)46-20-6-10-26-52(46)60-36-38-28-30-40-14-2-4-16-42(40)32-38/h1-6,9-22,25-32,49-50,55-58H,7-8,23-24,33-36H2/t49-,50?/m0/s1. The van der Waals surface area contributed by atoms with Crippen LogP contribution in [0.3, 0.4) is 0 Å². The van der Waals surface area contributed by atoms with E-state index in [0.717, 1.165) is 81.7 Å². The van der Waals surface area contributed by atoms with Gasteiger partial charge in [0.05, 0.1) is 0 Å². The molecule has 0 aliphatic heterocycles. The van der Waals surface area contributed by atoms with Crippen LogP contribution in [0, 0.1) is 0 Å². The maximum atomic E-state index is 11.7. The number of hydrogen-bond acceptors (Lipinski definition) is 6. The normalized spacial score (nSPS) is 15.3. The van der Waals surface area contributed by atoms with Crippen molar-refractivity contribution in [1.29, 1.82) is 0 Å². The highest BCUT2D eigenvalue weighted by Gasteiger charge is 2.26. The molecule has 0 bridgehead atoms. The number of rotatable bonds is 14. The average molecular weight is 791 g/mol. The molecule has 300 valence electrons. The van der Waals surface area contributed by atoms with Gasteiger partial charge >= 0.3 is 0 Å². The highest BCUT2D eigenvalue weighted by atomic mass is 16.5. The molecule has 6 heteroatoms. The summed E-state index contributed by atoms with van der Waals surface area (Å²) < 4.78 is 12.8. The molecule has 60 heavy (non-hydrogen) atoms. The van der Waals surface area contributed by atoms with Crippen molar-refractivity contribution < 1.29 is 19.7 Å². The van der Waals surface area contributed by atoms with E-state index in [1.54, 1.807) is 0 Å². The minimum Gasteiger partial charge on any atom is -0.507 e. The number of hydrogen-bond donors (Lipinski definition) is 4. The van der Waals surface area contributed by atoms with Crippen LogP contribution in [0.1, 0.15) is 47.9 Å². The third kappa shape index (κ3) is 8.71. The number of phenols is 2. The topological polar surface area (TPSA) is 83.0 Å². The summed E-state index contributed by atoms with van der Waals surface area (Å²) in [5, 5.41) is 35.7. The van der Waals surface area contributed by atoms with E-state index in [9.17, 15) is 10.2 Å². The van der Waals surface area contributed by atoms with Gasteiger partial charge < -0.3 is 30.3 Å². The molecule has 0 radical (unpaired) electrons. The second-order valence-electron chi connectivity index (χ2n) is 15.8. The van der Waals surface area contributed by atoms with Crippen LogP contribution in [0.4, 0.5) is 0 Å². The molecule has 0 aromatic heterocycles. The Morgan fingerprint density at radius 1 is 0.417 bits per heavy atom. The Kier molecular flexibility index (Phi) is 11.7. The molecule has 8 aromatic carbocycles. The summed E-state index contributed by atoms with van der Waals surface area (Å²) in [6, 6.07) is 57.6. The number of fused-ring (bicyclic) bond motifs is 2. The summed E-state index contributed by atoms with van der Waals surface area (Å²) >= 11 is 0. The molecule has 0 spiro atoms. The van der Waals surface area contributed by atoms with Crippen molar-refractivity contribution >= 4 is 21.5 Å². The maximum absolute atomic E-state index is 11.7. The van der Waals surface area contributed by atoms with Crippen LogP contribution in [-0.2, 0) is 26.3 Å². The number of para-hydroxylation sites is 4. The smallest absolute Gasteiger partial charge is 0.128 e. The zero-order valence-electron chi connectivity index (χ0n) is 33.7. The Hall–Kier alpha value is -6.60. The first kappa shape index (κ1) is 38.9. The average Bonchev–Trinajstić information content (AvgIpc) is 3.30. The number of aromatic hydroxyl groups is 2. The molecule has 6 nitrogen and oxygen atoms in total.